The van der Waals surface area contributed by atoms with Gasteiger partial charge in [-0.25, -0.2) is 0 Å². The van der Waals surface area contributed by atoms with Crippen LogP contribution in [0.5, 0.6) is 0 Å². The SMILES string of the molecule is COC(=O)C(OC)[PH](c1ccccc1)(c1ccccc1)c1ccccc1. The summed E-state index contributed by atoms with van der Waals surface area (Å²) in [5.41, 5.74) is 0. The van der Waals surface area contributed by atoms with Crippen molar-refractivity contribution in [3.05, 3.63) is 91.0 Å². The predicted molar refractivity (Wildman–Crippen MR) is 109 cm³/mol. The fourth-order valence-corrected chi connectivity index (χ4v) is 8.50. The molecule has 0 aliphatic rings. The summed E-state index contributed by atoms with van der Waals surface area (Å²) in [6.07, 6.45) is 0. The van der Waals surface area contributed by atoms with Crippen molar-refractivity contribution in [2.75, 3.05) is 14.2 Å². The summed E-state index contributed by atoms with van der Waals surface area (Å²) in [6.45, 7) is 0. The first-order valence-corrected chi connectivity index (χ1v) is 10.6. The van der Waals surface area contributed by atoms with E-state index in [1.807, 2.05) is 54.6 Å². The van der Waals surface area contributed by atoms with Gasteiger partial charge in [-0.1, -0.05) is 0 Å². The number of hydrogen-bond donors (Lipinski definition) is 0. The normalized spacial score (nSPS) is 13.0. The van der Waals surface area contributed by atoms with Gasteiger partial charge in [0, 0.05) is 0 Å². The first-order chi connectivity index (χ1) is 12.7. The van der Waals surface area contributed by atoms with Crippen LogP contribution in [0.4, 0.5) is 0 Å². The van der Waals surface area contributed by atoms with E-state index < -0.39 is 13.1 Å². The molecule has 4 heteroatoms. The van der Waals surface area contributed by atoms with E-state index >= 15 is 0 Å². The van der Waals surface area contributed by atoms with E-state index in [2.05, 4.69) is 36.4 Å². The summed E-state index contributed by atoms with van der Waals surface area (Å²) >= 11 is 0. The Balaban J connectivity index is 2.41. The molecule has 3 aromatic carbocycles. The molecule has 26 heavy (non-hydrogen) atoms. The molecular weight excluding hydrogens is 343 g/mol. The molecule has 0 aliphatic heterocycles. The fourth-order valence-electron chi connectivity index (χ4n) is 3.61. The van der Waals surface area contributed by atoms with Crippen molar-refractivity contribution in [2.24, 2.45) is 0 Å². The topological polar surface area (TPSA) is 35.5 Å². The zero-order valence-corrected chi connectivity index (χ0v) is 16.0. The van der Waals surface area contributed by atoms with Crippen molar-refractivity contribution in [1.29, 1.82) is 0 Å². The Morgan fingerprint density at radius 2 is 1.04 bits per heavy atom. The van der Waals surface area contributed by atoms with Crippen molar-refractivity contribution in [1.82, 2.24) is 0 Å². The van der Waals surface area contributed by atoms with Crippen molar-refractivity contribution in [3.8, 4) is 0 Å². The van der Waals surface area contributed by atoms with Gasteiger partial charge in [0.25, 0.3) is 0 Å². The van der Waals surface area contributed by atoms with Gasteiger partial charge in [0.1, 0.15) is 0 Å². The van der Waals surface area contributed by atoms with Crippen LogP contribution in [0.15, 0.2) is 91.0 Å². The molecule has 0 fully saturated rings. The maximum absolute atomic E-state index is 12.8. The zero-order valence-electron chi connectivity index (χ0n) is 15.0. The van der Waals surface area contributed by atoms with Gasteiger partial charge in [-0.2, -0.15) is 0 Å². The number of carbonyl (C=O) groups is 1. The molecule has 0 spiro atoms. The number of carbonyl (C=O) groups excluding carboxylic acids is 1. The Bertz CT molecular complexity index is 738. The van der Waals surface area contributed by atoms with Gasteiger partial charge in [0.2, 0.25) is 0 Å². The van der Waals surface area contributed by atoms with Gasteiger partial charge in [0.15, 0.2) is 0 Å². The molecular formula is C22H23O3P. The Hall–Kier alpha value is -2.48. The maximum atomic E-state index is 12.8. The molecule has 0 saturated carbocycles. The molecule has 0 aliphatic carbocycles. The average Bonchev–Trinajstić information content (AvgIpc) is 2.73. The van der Waals surface area contributed by atoms with Gasteiger partial charge in [-0.05, 0) is 0 Å². The van der Waals surface area contributed by atoms with Gasteiger partial charge >= 0.3 is 154 Å². The van der Waals surface area contributed by atoms with Crippen LogP contribution < -0.4 is 15.9 Å². The Kier molecular flexibility index (Phi) is 5.82. The molecule has 3 rings (SSSR count). The van der Waals surface area contributed by atoms with Crippen LogP contribution >= 0.6 is 7.26 Å². The van der Waals surface area contributed by atoms with Crippen LogP contribution in [0.1, 0.15) is 0 Å². The van der Waals surface area contributed by atoms with E-state index in [1.165, 1.54) is 7.11 Å². The first-order valence-electron chi connectivity index (χ1n) is 8.52. The number of hydrogen-bond acceptors (Lipinski definition) is 3. The molecule has 1 atom stereocenters. The van der Waals surface area contributed by atoms with Crippen LogP contribution in [0, 0.1) is 0 Å². The Morgan fingerprint density at radius 3 is 1.31 bits per heavy atom. The van der Waals surface area contributed by atoms with E-state index in [0.29, 0.717) is 0 Å². The first kappa shape index (κ1) is 18.3. The summed E-state index contributed by atoms with van der Waals surface area (Å²) in [7, 11) is 0.159. The van der Waals surface area contributed by atoms with Gasteiger partial charge < -0.3 is 0 Å². The summed E-state index contributed by atoms with van der Waals surface area (Å²) in [5.74, 6) is -1.05. The second-order valence-electron chi connectivity index (χ2n) is 6.04. The third-order valence-electron chi connectivity index (χ3n) is 4.73. The molecule has 0 bridgehead atoms. The minimum atomic E-state index is -2.83. The monoisotopic (exact) mass is 366 g/mol. The van der Waals surface area contributed by atoms with Crippen LogP contribution in [0.25, 0.3) is 0 Å². The number of benzene rings is 3. The van der Waals surface area contributed by atoms with Gasteiger partial charge in [-0.15, -0.1) is 0 Å². The van der Waals surface area contributed by atoms with Crippen LogP contribution in [0.2, 0.25) is 0 Å². The average molecular weight is 366 g/mol. The number of ether oxygens (including phenoxy) is 2. The molecule has 0 radical (unpaired) electrons. The second kappa shape index (κ2) is 8.27. The van der Waals surface area contributed by atoms with E-state index in [4.69, 9.17) is 9.47 Å². The molecule has 0 heterocycles. The molecule has 134 valence electrons. The fraction of sp³-hybridized carbons (Fsp3) is 0.136. The summed E-state index contributed by atoms with van der Waals surface area (Å²) < 4.78 is 11.0. The second-order valence-corrected chi connectivity index (χ2v) is 9.92. The number of methoxy groups -OCH3 is 2. The Labute approximate surface area is 154 Å². The molecule has 0 amide bonds. The predicted octanol–water partition coefficient (Wildman–Crippen LogP) is 2.86. The molecule has 1 unspecified atom stereocenters. The van der Waals surface area contributed by atoms with E-state index in [1.54, 1.807) is 7.11 Å². The molecule has 3 nitrogen and oxygen atoms in total. The van der Waals surface area contributed by atoms with E-state index in [0.717, 1.165) is 15.9 Å². The quantitative estimate of drug-likeness (QED) is 0.497. The molecule has 0 saturated heterocycles. The molecule has 0 aromatic heterocycles. The number of esters is 1. The summed E-state index contributed by atoms with van der Waals surface area (Å²) in [4.78, 5) is 12.8. The van der Waals surface area contributed by atoms with Crippen molar-refractivity contribution in [3.63, 3.8) is 0 Å². The van der Waals surface area contributed by atoms with Crippen molar-refractivity contribution >= 4 is 29.1 Å². The number of rotatable bonds is 6. The standard InChI is InChI=1S/C22H23O3P/c1-24-21(23)22(25-2)26(18-12-6-3-7-13-18,19-14-8-4-9-15-19)20-16-10-5-11-17-20/h3-17,22,26H,1-2H3. The zero-order chi connectivity index (χ0) is 18.4. The minimum absolute atomic E-state index is 0.351. The van der Waals surface area contributed by atoms with Crippen LogP contribution in [-0.2, 0) is 14.3 Å². The van der Waals surface area contributed by atoms with E-state index in [-0.39, 0.29) is 5.97 Å². The van der Waals surface area contributed by atoms with Crippen LogP contribution in [0.3, 0.4) is 0 Å². The summed E-state index contributed by atoms with van der Waals surface area (Å²) in [5, 5.41) is 3.32. The molecule has 3 aromatic rings. The van der Waals surface area contributed by atoms with Crippen molar-refractivity contribution < 1.29 is 14.3 Å². The Morgan fingerprint density at radius 1 is 0.692 bits per heavy atom. The third-order valence-corrected chi connectivity index (χ3v) is 9.72. The summed E-state index contributed by atoms with van der Waals surface area (Å²) in [6, 6.07) is 30.5. The van der Waals surface area contributed by atoms with Crippen molar-refractivity contribution in [2.45, 2.75) is 5.85 Å². The van der Waals surface area contributed by atoms with Gasteiger partial charge in [-0.3, -0.25) is 0 Å². The van der Waals surface area contributed by atoms with Gasteiger partial charge in [0.05, 0.1) is 0 Å². The van der Waals surface area contributed by atoms with Crippen LogP contribution in [-0.4, -0.2) is 26.0 Å². The van der Waals surface area contributed by atoms with E-state index in [9.17, 15) is 4.79 Å². The third kappa shape index (κ3) is 3.16. The molecule has 0 N–H and O–H groups in total.